The van der Waals surface area contributed by atoms with Crippen molar-refractivity contribution < 1.29 is 23.8 Å². The minimum atomic E-state index is -0.579. The Labute approximate surface area is 104 Å². The van der Waals surface area contributed by atoms with Gasteiger partial charge in [0, 0.05) is 11.8 Å². The summed E-state index contributed by atoms with van der Waals surface area (Å²) in [6, 6.07) is 5.05. The van der Waals surface area contributed by atoms with Crippen LogP contribution in [0.25, 0.3) is 0 Å². The van der Waals surface area contributed by atoms with Crippen molar-refractivity contribution >= 4 is 17.6 Å². The minimum Gasteiger partial charge on any atom is -0.486 e. The molecule has 1 amide bonds. The summed E-state index contributed by atoms with van der Waals surface area (Å²) < 4.78 is 15.1. The zero-order chi connectivity index (χ0) is 13.0. The number of benzene rings is 1. The lowest BCUT2D eigenvalue weighted by Crippen LogP contribution is -2.18. The van der Waals surface area contributed by atoms with Crippen LogP contribution >= 0.6 is 0 Å². The number of fused-ring (bicyclic) bond motifs is 1. The number of rotatable bonds is 3. The average molecular weight is 251 g/mol. The molecule has 1 aliphatic rings. The molecule has 2 rings (SSSR count). The first-order chi connectivity index (χ1) is 8.69. The number of anilines is 1. The van der Waals surface area contributed by atoms with Crippen LogP contribution in [0, 0.1) is 0 Å². The van der Waals surface area contributed by atoms with Gasteiger partial charge < -0.3 is 19.5 Å². The van der Waals surface area contributed by atoms with Crippen LogP contribution in [0.2, 0.25) is 0 Å². The SMILES string of the molecule is COC(=O)CC(=O)Nc1ccc2c(c1)OCCO2. The maximum atomic E-state index is 11.5. The van der Waals surface area contributed by atoms with Crippen LogP contribution in [0.5, 0.6) is 11.5 Å². The molecule has 1 aromatic carbocycles. The van der Waals surface area contributed by atoms with Crippen LogP contribution in [0.1, 0.15) is 6.42 Å². The minimum absolute atomic E-state index is 0.315. The summed E-state index contributed by atoms with van der Waals surface area (Å²) >= 11 is 0. The molecule has 0 unspecified atom stereocenters. The Morgan fingerprint density at radius 1 is 1.28 bits per heavy atom. The second-order valence-corrected chi connectivity index (χ2v) is 3.66. The third-order valence-electron chi connectivity index (χ3n) is 2.36. The molecule has 6 nitrogen and oxygen atoms in total. The summed E-state index contributed by atoms with van der Waals surface area (Å²) in [6.45, 7) is 0.994. The molecule has 1 aromatic rings. The Kier molecular flexibility index (Phi) is 3.66. The smallest absolute Gasteiger partial charge is 0.315 e. The van der Waals surface area contributed by atoms with Crippen molar-refractivity contribution in [2.24, 2.45) is 0 Å². The van der Waals surface area contributed by atoms with E-state index in [4.69, 9.17) is 9.47 Å². The summed E-state index contributed by atoms with van der Waals surface area (Å²) in [7, 11) is 1.24. The Morgan fingerprint density at radius 3 is 2.72 bits per heavy atom. The van der Waals surface area contributed by atoms with Gasteiger partial charge in [-0.15, -0.1) is 0 Å². The number of hydrogen-bond donors (Lipinski definition) is 1. The van der Waals surface area contributed by atoms with Gasteiger partial charge in [-0.05, 0) is 12.1 Å². The fourth-order valence-corrected chi connectivity index (χ4v) is 1.53. The van der Waals surface area contributed by atoms with Crippen molar-refractivity contribution in [2.45, 2.75) is 6.42 Å². The summed E-state index contributed by atoms with van der Waals surface area (Å²) in [5.74, 6) is 0.216. The molecule has 1 heterocycles. The van der Waals surface area contributed by atoms with Crippen molar-refractivity contribution in [3.8, 4) is 11.5 Å². The van der Waals surface area contributed by atoms with E-state index in [0.29, 0.717) is 30.4 Å². The van der Waals surface area contributed by atoms with Gasteiger partial charge in [0.15, 0.2) is 11.5 Å². The standard InChI is InChI=1S/C12H13NO5/c1-16-12(15)7-11(14)13-8-2-3-9-10(6-8)18-5-4-17-9/h2-3,6H,4-5,7H2,1H3,(H,13,14). The molecule has 1 N–H and O–H groups in total. The summed E-state index contributed by atoms with van der Waals surface area (Å²) in [4.78, 5) is 22.4. The first-order valence-corrected chi connectivity index (χ1v) is 5.45. The van der Waals surface area contributed by atoms with Crippen LogP contribution in [-0.2, 0) is 14.3 Å². The van der Waals surface area contributed by atoms with Gasteiger partial charge in [0.05, 0.1) is 7.11 Å². The highest BCUT2D eigenvalue weighted by molar-refractivity contribution is 6.01. The molecule has 0 atom stereocenters. The normalized spacial score (nSPS) is 12.7. The molecule has 0 saturated heterocycles. The molecule has 0 aliphatic carbocycles. The molecule has 0 aromatic heterocycles. The van der Waals surface area contributed by atoms with E-state index >= 15 is 0 Å². The average Bonchev–Trinajstić information content (AvgIpc) is 2.38. The quantitative estimate of drug-likeness (QED) is 0.639. The van der Waals surface area contributed by atoms with E-state index in [2.05, 4.69) is 10.1 Å². The second kappa shape index (κ2) is 5.39. The van der Waals surface area contributed by atoms with Gasteiger partial charge in [0.25, 0.3) is 0 Å². The van der Waals surface area contributed by atoms with Crippen molar-refractivity contribution in [1.29, 1.82) is 0 Å². The number of esters is 1. The Balaban J connectivity index is 2.01. The number of nitrogens with one attached hydrogen (secondary N) is 1. The first-order valence-electron chi connectivity index (χ1n) is 5.45. The second-order valence-electron chi connectivity index (χ2n) is 3.66. The topological polar surface area (TPSA) is 73.9 Å². The number of carbonyl (C=O) groups excluding carboxylic acids is 2. The molecule has 0 radical (unpaired) electrons. The lowest BCUT2D eigenvalue weighted by atomic mass is 10.2. The summed E-state index contributed by atoms with van der Waals surface area (Å²) in [5.41, 5.74) is 0.549. The molecule has 6 heteroatoms. The van der Waals surface area contributed by atoms with Gasteiger partial charge in [-0.3, -0.25) is 9.59 Å². The molecule has 0 spiro atoms. The highest BCUT2D eigenvalue weighted by atomic mass is 16.6. The molecule has 96 valence electrons. The van der Waals surface area contributed by atoms with Crippen LogP contribution in [-0.4, -0.2) is 32.2 Å². The van der Waals surface area contributed by atoms with Gasteiger partial charge >= 0.3 is 5.97 Å². The Bertz CT molecular complexity index is 472. The molecule has 18 heavy (non-hydrogen) atoms. The number of methoxy groups -OCH3 is 1. The van der Waals surface area contributed by atoms with Crippen molar-refractivity contribution in [3.63, 3.8) is 0 Å². The predicted molar refractivity (Wildman–Crippen MR) is 62.7 cm³/mol. The van der Waals surface area contributed by atoms with Crippen LogP contribution in [0.15, 0.2) is 18.2 Å². The monoisotopic (exact) mass is 251 g/mol. The van der Waals surface area contributed by atoms with E-state index in [1.165, 1.54) is 7.11 Å². The highest BCUT2D eigenvalue weighted by Crippen LogP contribution is 2.32. The summed E-state index contributed by atoms with van der Waals surface area (Å²) in [6.07, 6.45) is -0.315. The summed E-state index contributed by atoms with van der Waals surface area (Å²) in [5, 5.41) is 2.58. The van der Waals surface area contributed by atoms with E-state index in [9.17, 15) is 9.59 Å². The number of ether oxygens (including phenoxy) is 3. The number of carbonyl (C=O) groups is 2. The van der Waals surface area contributed by atoms with E-state index in [-0.39, 0.29) is 6.42 Å². The number of hydrogen-bond acceptors (Lipinski definition) is 5. The fourth-order valence-electron chi connectivity index (χ4n) is 1.53. The van der Waals surface area contributed by atoms with Gasteiger partial charge in [0.2, 0.25) is 5.91 Å². The van der Waals surface area contributed by atoms with Gasteiger partial charge in [0.1, 0.15) is 19.6 Å². The zero-order valence-corrected chi connectivity index (χ0v) is 9.89. The predicted octanol–water partition coefficient (Wildman–Crippen LogP) is 0.959. The largest absolute Gasteiger partial charge is 0.486 e. The van der Waals surface area contributed by atoms with Crippen LogP contribution in [0.3, 0.4) is 0 Å². The van der Waals surface area contributed by atoms with Crippen molar-refractivity contribution in [3.05, 3.63) is 18.2 Å². The van der Waals surface area contributed by atoms with E-state index in [0.717, 1.165) is 0 Å². The van der Waals surface area contributed by atoms with E-state index < -0.39 is 11.9 Å². The van der Waals surface area contributed by atoms with E-state index in [1.807, 2.05) is 0 Å². The maximum absolute atomic E-state index is 11.5. The van der Waals surface area contributed by atoms with Gasteiger partial charge in [-0.1, -0.05) is 0 Å². The lowest BCUT2D eigenvalue weighted by molar-refractivity contribution is -0.142. The lowest BCUT2D eigenvalue weighted by Gasteiger charge is -2.18. The van der Waals surface area contributed by atoms with Crippen LogP contribution in [0.4, 0.5) is 5.69 Å². The molecule has 0 bridgehead atoms. The van der Waals surface area contributed by atoms with E-state index in [1.54, 1.807) is 18.2 Å². The number of amides is 1. The molecular weight excluding hydrogens is 238 g/mol. The van der Waals surface area contributed by atoms with Crippen LogP contribution < -0.4 is 14.8 Å². The van der Waals surface area contributed by atoms with Gasteiger partial charge in [-0.25, -0.2) is 0 Å². The molecule has 0 fully saturated rings. The fraction of sp³-hybridized carbons (Fsp3) is 0.333. The third-order valence-corrected chi connectivity index (χ3v) is 2.36. The first kappa shape index (κ1) is 12.2. The van der Waals surface area contributed by atoms with Crippen molar-refractivity contribution in [2.75, 3.05) is 25.6 Å². The van der Waals surface area contributed by atoms with Crippen molar-refractivity contribution in [1.82, 2.24) is 0 Å². The third kappa shape index (κ3) is 2.91. The molecule has 1 aliphatic heterocycles. The molecular formula is C12H13NO5. The molecule has 0 saturated carbocycles. The highest BCUT2D eigenvalue weighted by Gasteiger charge is 2.14. The Morgan fingerprint density at radius 2 is 2.00 bits per heavy atom. The van der Waals surface area contributed by atoms with Gasteiger partial charge in [-0.2, -0.15) is 0 Å². The maximum Gasteiger partial charge on any atom is 0.315 e. The zero-order valence-electron chi connectivity index (χ0n) is 9.89. The Hall–Kier alpha value is -2.24.